The standard InChI is InChI=1S/C8H11Br2N3/c1-5(9)3-6-7(10)4-13(11)8(6)12-2/h3-4,12H,11H2,1-2H3/b5-3+. The van der Waals surface area contributed by atoms with Gasteiger partial charge in [0.15, 0.2) is 0 Å². The molecule has 0 aliphatic carbocycles. The van der Waals surface area contributed by atoms with Crippen molar-refractivity contribution in [2.24, 2.45) is 0 Å². The van der Waals surface area contributed by atoms with Crippen LogP contribution in [0.3, 0.4) is 0 Å². The van der Waals surface area contributed by atoms with Crippen LogP contribution in [0.15, 0.2) is 15.2 Å². The van der Waals surface area contributed by atoms with Gasteiger partial charge in [0.2, 0.25) is 0 Å². The summed E-state index contributed by atoms with van der Waals surface area (Å²) in [6.45, 7) is 1.97. The topological polar surface area (TPSA) is 43.0 Å². The lowest BCUT2D eigenvalue weighted by Gasteiger charge is -2.03. The van der Waals surface area contributed by atoms with E-state index in [0.717, 1.165) is 20.3 Å². The van der Waals surface area contributed by atoms with E-state index in [4.69, 9.17) is 5.84 Å². The first kappa shape index (κ1) is 10.7. The predicted octanol–water partition coefficient (Wildman–Crippen LogP) is 2.76. The third kappa shape index (κ3) is 2.28. The van der Waals surface area contributed by atoms with Gasteiger partial charge in [-0.3, -0.25) is 4.68 Å². The van der Waals surface area contributed by atoms with E-state index in [0.29, 0.717) is 0 Å². The summed E-state index contributed by atoms with van der Waals surface area (Å²) >= 11 is 6.81. The lowest BCUT2D eigenvalue weighted by molar-refractivity contribution is 1.02. The van der Waals surface area contributed by atoms with Gasteiger partial charge in [-0.2, -0.15) is 0 Å². The fourth-order valence-corrected chi connectivity index (χ4v) is 1.86. The minimum absolute atomic E-state index is 0.880. The smallest absolute Gasteiger partial charge is 0.132 e. The van der Waals surface area contributed by atoms with Gasteiger partial charge in [0.1, 0.15) is 5.82 Å². The minimum atomic E-state index is 0.880. The monoisotopic (exact) mass is 307 g/mol. The third-order valence-electron chi connectivity index (χ3n) is 1.60. The lowest BCUT2D eigenvalue weighted by atomic mass is 10.3. The van der Waals surface area contributed by atoms with E-state index in [-0.39, 0.29) is 0 Å². The number of hydrogen-bond acceptors (Lipinski definition) is 2. The van der Waals surface area contributed by atoms with Crippen molar-refractivity contribution in [3.8, 4) is 0 Å². The zero-order chi connectivity index (χ0) is 10.0. The molecule has 0 saturated carbocycles. The van der Waals surface area contributed by atoms with Crippen molar-refractivity contribution < 1.29 is 0 Å². The Bertz CT molecular complexity index is 337. The van der Waals surface area contributed by atoms with E-state index in [2.05, 4.69) is 37.2 Å². The van der Waals surface area contributed by atoms with Gasteiger partial charge in [-0.15, -0.1) is 0 Å². The van der Waals surface area contributed by atoms with E-state index in [1.54, 1.807) is 4.68 Å². The van der Waals surface area contributed by atoms with E-state index in [1.807, 2.05) is 26.2 Å². The van der Waals surface area contributed by atoms with E-state index >= 15 is 0 Å². The summed E-state index contributed by atoms with van der Waals surface area (Å²) in [6.07, 6.45) is 3.81. The summed E-state index contributed by atoms with van der Waals surface area (Å²) in [5.74, 6) is 6.59. The van der Waals surface area contributed by atoms with Gasteiger partial charge in [-0.05, 0) is 33.4 Å². The van der Waals surface area contributed by atoms with Crippen molar-refractivity contribution in [3.63, 3.8) is 0 Å². The average molecular weight is 309 g/mol. The maximum atomic E-state index is 5.71. The second kappa shape index (κ2) is 4.19. The number of nitrogens with zero attached hydrogens (tertiary/aromatic N) is 1. The minimum Gasteiger partial charge on any atom is -0.373 e. The van der Waals surface area contributed by atoms with Crippen LogP contribution in [-0.2, 0) is 0 Å². The molecule has 0 saturated heterocycles. The number of nitrogen functional groups attached to an aromatic ring is 1. The second-order valence-corrected chi connectivity index (χ2v) is 4.73. The van der Waals surface area contributed by atoms with Crippen LogP contribution in [0.1, 0.15) is 12.5 Å². The highest BCUT2D eigenvalue weighted by molar-refractivity contribution is 9.11. The van der Waals surface area contributed by atoms with Crippen molar-refractivity contribution in [2.45, 2.75) is 6.92 Å². The molecule has 0 spiro atoms. The van der Waals surface area contributed by atoms with Gasteiger partial charge in [0, 0.05) is 23.3 Å². The first-order valence-corrected chi connectivity index (χ1v) is 5.32. The molecule has 0 aliphatic heterocycles. The molecule has 5 heteroatoms. The van der Waals surface area contributed by atoms with E-state index in [1.165, 1.54) is 0 Å². The molecule has 3 N–H and O–H groups in total. The van der Waals surface area contributed by atoms with Crippen LogP contribution >= 0.6 is 31.9 Å². The molecular weight excluding hydrogens is 298 g/mol. The van der Waals surface area contributed by atoms with Crippen LogP contribution in [0.5, 0.6) is 0 Å². The normalized spacial score (nSPS) is 11.8. The number of rotatable bonds is 2. The summed E-state index contributed by atoms with van der Waals surface area (Å²) in [4.78, 5) is 0. The fourth-order valence-electron chi connectivity index (χ4n) is 1.11. The molecule has 0 atom stereocenters. The van der Waals surface area contributed by atoms with Crippen LogP contribution in [0.4, 0.5) is 5.82 Å². The van der Waals surface area contributed by atoms with Gasteiger partial charge in [0.05, 0.1) is 0 Å². The Morgan fingerprint density at radius 1 is 1.69 bits per heavy atom. The molecule has 1 aromatic rings. The van der Waals surface area contributed by atoms with Crippen LogP contribution in [0.2, 0.25) is 0 Å². The summed E-state index contributed by atoms with van der Waals surface area (Å²) in [5, 5.41) is 3.03. The van der Waals surface area contributed by atoms with Gasteiger partial charge in [-0.25, -0.2) is 0 Å². The molecule has 0 aliphatic rings. The summed E-state index contributed by atoms with van der Waals surface area (Å²) in [7, 11) is 1.84. The molecule has 72 valence electrons. The van der Waals surface area contributed by atoms with Crippen molar-refractivity contribution in [3.05, 3.63) is 20.7 Å². The fraction of sp³-hybridized carbons (Fsp3) is 0.250. The Hall–Kier alpha value is -0.420. The first-order valence-electron chi connectivity index (χ1n) is 3.73. The summed E-state index contributed by atoms with van der Waals surface area (Å²) < 4.78 is 3.57. The maximum Gasteiger partial charge on any atom is 0.132 e. The molecule has 0 aromatic carbocycles. The Balaban J connectivity index is 3.25. The lowest BCUT2D eigenvalue weighted by Crippen LogP contribution is -2.10. The molecule has 0 unspecified atom stereocenters. The Kier molecular flexibility index (Phi) is 3.44. The Morgan fingerprint density at radius 3 is 2.77 bits per heavy atom. The number of nitrogens with one attached hydrogen (secondary N) is 1. The third-order valence-corrected chi connectivity index (χ3v) is 2.46. The molecule has 0 amide bonds. The zero-order valence-electron chi connectivity index (χ0n) is 7.44. The Morgan fingerprint density at radius 2 is 2.31 bits per heavy atom. The van der Waals surface area contributed by atoms with Gasteiger partial charge < -0.3 is 11.2 Å². The van der Waals surface area contributed by atoms with Crippen molar-refractivity contribution in [1.29, 1.82) is 0 Å². The summed E-state index contributed by atoms with van der Waals surface area (Å²) in [5.41, 5.74) is 1.04. The van der Waals surface area contributed by atoms with Crippen LogP contribution in [-0.4, -0.2) is 11.7 Å². The van der Waals surface area contributed by atoms with Crippen LogP contribution < -0.4 is 11.2 Å². The summed E-state index contributed by atoms with van der Waals surface area (Å²) in [6, 6.07) is 0. The van der Waals surface area contributed by atoms with E-state index in [9.17, 15) is 0 Å². The Labute approximate surface area is 94.2 Å². The molecule has 1 rings (SSSR count). The number of aromatic nitrogens is 1. The van der Waals surface area contributed by atoms with Crippen LogP contribution in [0.25, 0.3) is 6.08 Å². The predicted molar refractivity (Wildman–Crippen MR) is 64.4 cm³/mol. The number of halogens is 2. The largest absolute Gasteiger partial charge is 0.373 e. The molecule has 0 bridgehead atoms. The van der Waals surface area contributed by atoms with Gasteiger partial charge in [-0.1, -0.05) is 15.9 Å². The molecule has 3 nitrogen and oxygen atoms in total. The number of nitrogens with two attached hydrogens (primary N) is 1. The average Bonchev–Trinajstić information content (AvgIpc) is 2.26. The molecule has 0 radical (unpaired) electrons. The second-order valence-electron chi connectivity index (χ2n) is 2.63. The van der Waals surface area contributed by atoms with Crippen molar-refractivity contribution in [2.75, 3.05) is 18.2 Å². The van der Waals surface area contributed by atoms with Crippen molar-refractivity contribution >= 4 is 43.8 Å². The molecule has 0 fully saturated rings. The molecule has 1 heterocycles. The SMILES string of the molecule is CNc1c(/C=C(\C)Br)c(Br)cn1N. The number of allylic oxidation sites excluding steroid dienone is 1. The molecule has 1 aromatic heterocycles. The van der Waals surface area contributed by atoms with Crippen LogP contribution in [0, 0.1) is 0 Å². The zero-order valence-corrected chi connectivity index (χ0v) is 10.6. The van der Waals surface area contributed by atoms with Crippen molar-refractivity contribution in [1.82, 2.24) is 4.68 Å². The molecule has 13 heavy (non-hydrogen) atoms. The number of hydrogen-bond donors (Lipinski definition) is 2. The van der Waals surface area contributed by atoms with E-state index < -0.39 is 0 Å². The quantitative estimate of drug-likeness (QED) is 0.825. The maximum absolute atomic E-state index is 5.71. The van der Waals surface area contributed by atoms with Gasteiger partial charge >= 0.3 is 0 Å². The molecular formula is C8H11Br2N3. The highest BCUT2D eigenvalue weighted by Gasteiger charge is 2.08. The highest BCUT2D eigenvalue weighted by Crippen LogP contribution is 2.28. The van der Waals surface area contributed by atoms with Gasteiger partial charge in [0.25, 0.3) is 0 Å². The highest BCUT2D eigenvalue weighted by atomic mass is 79.9. The first-order chi connectivity index (χ1) is 6.06. The number of anilines is 1.